The van der Waals surface area contributed by atoms with Crippen LogP contribution in [0.15, 0.2) is 224 Å². The van der Waals surface area contributed by atoms with Crippen molar-refractivity contribution >= 4 is 109 Å². The lowest BCUT2D eigenvalue weighted by Crippen LogP contribution is -2.13. The summed E-state index contributed by atoms with van der Waals surface area (Å²) >= 11 is 3.75. The van der Waals surface area contributed by atoms with Gasteiger partial charge in [0.2, 0.25) is 0 Å². The average Bonchev–Trinajstić information content (AvgIpc) is 3.90. The maximum atomic E-state index is 2.47. The molecule has 0 unspecified atom stereocenters. The fourth-order valence-electron chi connectivity index (χ4n) is 8.55. The first-order valence-corrected chi connectivity index (χ1v) is 21.9. The van der Waals surface area contributed by atoms with Crippen molar-refractivity contribution in [3.05, 3.63) is 241 Å². The monoisotopic (exact) mass is 802 g/mol. The molecule has 0 radical (unpaired) electrons. The maximum Gasteiger partial charge on any atom is 0.0640 e. The van der Waals surface area contributed by atoms with Gasteiger partial charge in [-0.3, -0.25) is 0 Å². The van der Waals surface area contributed by atoms with E-state index >= 15 is 0 Å². The van der Waals surface area contributed by atoms with Crippen molar-refractivity contribution in [2.45, 2.75) is 0 Å². The van der Waals surface area contributed by atoms with Gasteiger partial charge in [0.15, 0.2) is 0 Å². The Morgan fingerprint density at radius 1 is 0.367 bits per heavy atom. The highest BCUT2D eigenvalue weighted by Gasteiger charge is 2.25. The van der Waals surface area contributed by atoms with Gasteiger partial charge in [-0.2, -0.15) is 0 Å². The molecule has 0 N–H and O–H groups in total. The number of anilines is 6. The molecule has 0 bridgehead atoms. The van der Waals surface area contributed by atoms with E-state index < -0.39 is 0 Å². The molecule has 0 aliphatic rings. The minimum absolute atomic E-state index is 1.10. The van der Waals surface area contributed by atoms with Crippen LogP contribution in [0.2, 0.25) is 0 Å². The standard InChI is InChI=1S/C56H38N2S2/c1-6-20-39(21-7-1)36-49(40-22-8-2-9-23-40)47-32-18-31-45-46-33-19-34-50(56(46)60-55(45)47)58(43-28-14-5-15-29-43)44-37-51(54-48-30-16-17-35-52(48)59-53(54)38-44)57(41-24-10-3-11-25-41)42-26-12-4-13-27-42/h1-38H/b49-36-. The molecule has 0 atom stereocenters. The Bertz CT molecular complexity index is 3260. The predicted octanol–water partition coefficient (Wildman–Crippen LogP) is 17.0. The molecule has 2 nitrogen and oxygen atoms in total. The molecule has 11 rings (SSSR count). The molecule has 0 aliphatic heterocycles. The van der Waals surface area contributed by atoms with Crippen LogP contribution in [-0.4, -0.2) is 0 Å². The molecule has 11 aromatic rings. The molecular formula is C56H38N2S2. The predicted molar refractivity (Wildman–Crippen MR) is 261 cm³/mol. The van der Waals surface area contributed by atoms with Crippen LogP contribution in [0.1, 0.15) is 16.7 Å². The molecule has 0 spiro atoms. The normalized spacial score (nSPS) is 11.8. The second-order valence-corrected chi connectivity index (χ2v) is 17.0. The lowest BCUT2D eigenvalue weighted by atomic mass is 9.94. The van der Waals surface area contributed by atoms with E-state index in [1.807, 2.05) is 22.7 Å². The van der Waals surface area contributed by atoms with Gasteiger partial charge in [0.25, 0.3) is 0 Å². The lowest BCUT2D eigenvalue weighted by molar-refractivity contribution is 1.27. The smallest absolute Gasteiger partial charge is 0.0640 e. The number of rotatable bonds is 9. The second-order valence-electron chi connectivity index (χ2n) is 14.9. The minimum atomic E-state index is 1.10. The van der Waals surface area contributed by atoms with Crippen LogP contribution in [0.3, 0.4) is 0 Å². The Kier molecular flexibility index (Phi) is 9.27. The Morgan fingerprint density at radius 2 is 0.883 bits per heavy atom. The molecular weight excluding hydrogens is 765 g/mol. The fraction of sp³-hybridized carbons (Fsp3) is 0. The first-order valence-electron chi connectivity index (χ1n) is 20.3. The Hall–Kier alpha value is -7.24. The SMILES string of the molecule is C(=C(\c1ccccc1)c1cccc2c1sc1c(N(c3ccccc3)c3cc(N(c4ccccc4)c4ccccc4)c4c(c3)sc3ccccc34)cccc12)/c1ccccc1. The molecule has 0 saturated carbocycles. The van der Waals surface area contributed by atoms with Crippen LogP contribution < -0.4 is 9.80 Å². The van der Waals surface area contributed by atoms with Gasteiger partial charge in [0.1, 0.15) is 0 Å². The number of thiophene rings is 2. The van der Waals surface area contributed by atoms with Crippen molar-refractivity contribution in [1.29, 1.82) is 0 Å². The topological polar surface area (TPSA) is 6.48 Å². The molecule has 0 saturated heterocycles. The van der Waals surface area contributed by atoms with Crippen LogP contribution in [0.4, 0.5) is 34.1 Å². The van der Waals surface area contributed by atoms with Crippen molar-refractivity contribution in [3.63, 3.8) is 0 Å². The van der Waals surface area contributed by atoms with E-state index in [-0.39, 0.29) is 0 Å². The van der Waals surface area contributed by atoms with Crippen LogP contribution >= 0.6 is 22.7 Å². The van der Waals surface area contributed by atoms with Gasteiger partial charge in [-0.15, -0.1) is 22.7 Å². The highest BCUT2D eigenvalue weighted by Crippen LogP contribution is 2.51. The van der Waals surface area contributed by atoms with Crippen LogP contribution in [0.5, 0.6) is 0 Å². The fourth-order valence-corrected chi connectivity index (χ4v) is 11.0. The molecule has 9 aromatic carbocycles. The third-order valence-corrected chi connectivity index (χ3v) is 13.6. The third-order valence-electron chi connectivity index (χ3n) is 11.2. The van der Waals surface area contributed by atoms with Crippen molar-refractivity contribution in [1.82, 2.24) is 0 Å². The summed E-state index contributed by atoms with van der Waals surface area (Å²) in [6, 6.07) is 81.1. The van der Waals surface area contributed by atoms with E-state index in [9.17, 15) is 0 Å². The molecule has 2 heterocycles. The summed E-state index contributed by atoms with van der Waals surface area (Å²) in [6.07, 6.45) is 2.33. The molecule has 0 amide bonds. The van der Waals surface area contributed by atoms with Gasteiger partial charge in [-0.25, -0.2) is 0 Å². The second kappa shape index (κ2) is 15.5. The molecule has 0 fully saturated rings. The number of nitrogens with zero attached hydrogens (tertiary/aromatic N) is 2. The quantitative estimate of drug-likeness (QED) is 0.134. The molecule has 284 valence electrons. The van der Waals surface area contributed by atoms with Gasteiger partial charge in [-0.05, 0) is 83.4 Å². The minimum Gasteiger partial charge on any atom is -0.310 e. The zero-order valence-corrected chi connectivity index (χ0v) is 34.3. The Balaban J connectivity index is 1.18. The number of para-hydroxylation sites is 3. The third kappa shape index (κ3) is 6.43. The van der Waals surface area contributed by atoms with Crippen LogP contribution in [-0.2, 0) is 0 Å². The summed E-state index contributed by atoms with van der Waals surface area (Å²) in [5, 5.41) is 5.03. The van der Waals surface area contributed by atoms with Crippen molar-refractivity contribution < 1.29 is 0 Å². The van der Waals surface area contributed by atoms with Gasteiger partial charge < -0.3 is 9.80 Å². The number of hydrogen-bond donors (Lipinski definition) is 0. The molecule has 0 aliphatic carbocycles. The van der Waals surface area contributed by atoms with Crippen LogP contribution in [0, 0.1) is 0 Å². The van der Waals surface area contributed by atoms with Crippen molar-refractivity contribution in [3.8, 4) is 0 Å². The summed E-state index contributed by atoms with van der Waals surface area (Å²) in [6.45, 7) is 0. The molecule has 60 heavy (non-hydrogen) atoms. The van der Waals surface area contributed by atoms with Crippen molar-refractivity contribution in [2.24, 2.45) is 0 Å². The first-order chi connectivity index (χ1) is 29.8. The highest BCUT2D eigenvalue weighted by molar-refractivity contribution is 7.27. The highest BCUT2D eigenvalue weighted by atomic mass is 32.1. The lowest BCUT2D eigenvalue weighted by Gasteiger charge is -2.30. The summed E-state index contributed by atoms with van der Waals surface area (Å²) < 4.78 is 5.04. The summed E-state index contributed by atoms with van der Waals surface area (Å²) in [5.74, 6) is 0. The number of fused-ring (bicyclic) bond motifs is 6. The first kappa shape index (κ1) is 35.9. The van der Waals surface area contributed by atoms with E-state index in [1.54, 1.807) is 0 Å². The largest absolute Gasteiger partial charge is 0.310 e. The molecule has 4 heteroatoms. The van der Waals surface area contributed by atoms with Crippen LogP contribution in [0.25, 0.3) is 52.0 Å². The number of hydrogen-bond acceptors (Lipinski definition) is 4. The number of benzene rings is 9. The zero-order valence-electron chi connectivity index (χ0n) is 32.7. The van der Waals surface area contributed by atoms with E-state index in [0.717, 1.165) is 34.1 Å². The van der Waals surface area contributed by atoms with E-state index in [2.05, 4.69) is 240 Å². The van der Waals surface area contributed by atoms with Crippen molar-refractivity contribution in [2.75, 3.05) is 9.80 Å². The maximum absolute atomic E-state index is 2.47. The van der Waals surface area contributed by atoms with Gasteiger partial charge >= 0.3 is 0 Å². The van der Waals surface area contributed by atoms with E-state index in [0.29, 0.717) is 0 Å². The van der Waals surface area contributed by atoms with Gasteiger partial charge in [0.05, 0.1) is 16.1 Å². The average molecular weight is 803 g/mol. The van der Waals surface area contributed by atoms with E-state index in [1.165, 1.54) is 62.6 Å². The Labute approximate surface area is 357 Å². The summed E-state index contributed by atoms with van der Waals surface area (Å²) in [7, 11) is 0. The van der Waals surface area contributed by atoms with Gasteiger partial charge in [-0.1, -0.05) is 164 Å². The van der Waals surface area contributed by atoms with Gasteiger partial charge in [0, 0.05) is 64.0 Å². The Morgan fingerprint density at radius 3 is 1.53 bits per heavy atom. The van der Waals surface area contributed by atoms with E-state index in [4.69, 9.17) is 0 Å². The summed E-state index contributed by atoms with van der Waals surface area (Å²) in [4.78, 5) is 4.89. The molecule has 2 aromatic heterocycles. The summed E-state index contributed by atoms with van der Waals surface area (Å²) in [5.41, 5.74) is 11.5. The zero-order chi connectivity index (χ0) is 39.8.